The maximum Gasteiger partial charge on any atom is 0.573 e. The number of hydrogen-bond acceptors (Lipinski definition) is 3. The molecular weight excluding hydrogens is 317 g/mol. The minimum atomic E-state index is -4.71. The van der Waals surface area contributed by atoms with Crippen molar-refractivity contribution in [2.75, 3.05) is 0 Å². The average Bonchev–Trinajstić information content (AvgIpc) is 2.52. The average molecular weight is 330 g/mol. The highest BCUT2D eigenvalue weighted by Gasteiger charge is 2.31. The molecule has 0 bridgehead atoms. The van der Waals surface area contributed by atoms with Crippen LogP contribution in [0.5, 0.6) is 5.75 Å². The van der Waals surface area contributed by atoms with Crippen molar-refractivity contribution in [3.63, 3.8) is 0 Å². The van der Waals surface area contributed by atoms with Crippen LogP contribution in [0.25, 0.3) is 16.5 Å². The third kappa shape index (κ3) is 3.37. The Labute approximate surface area is 136 Å². The lowest BCUT2D eigenvalue weighted by atomic mass is 10.0. The van der Waals surface area contributed by atoms with Crippen LogP contribution in [0.4, 0.5) is 13.2 Å². The SMILES string of the molecule is C=C(c1ccc(OC(F)(F)F)cc1)c1nc(C)nc2ccccc12. The molecule has 0 radical (unpaired) electrons. The maximum absolute atomic E-state index is 12.2. The van der Waals surface area contributed by atoms with Crippen LogP contribution in [-0.4, -0.2) is 16.3 Å². The highest BCUT2D eigenvalue weighted by Crippen LogP contribution is 2.29. The Bertz CT molecular complexity index is 902. The van der Waals surface area contributed by atoms with E-state index in [1.807, 2.05) is 24.3 Å². The zero-order valence-corrected chi connectivity index (χ0v) is 12.8. The molecule has 3 aromatic rings. The first-order valence-corrected chi connectivity index (χ1v) is 7.12. The summed E-state index contributed by atoms with van der Waals surface area (Å²) in [4.78, 5) is 8.81. The van der Waals surface area contributed by atoms with Crippen LogP contribution in [-0.2, 0) is 0 Å². The molecule has 0 spiro atoms. The van der Waals surface area contributed by atoms with Crippen molar-refractivity contribution in [3.05, 3.63) is 72.2 Å². The molecule has 0 unspecified atom stereocenters. The normalized spacial score (nSPS) is 11.5. The van der Waals surface area contributed by atoms with E-state index in [0.29, 0.717) is 22.7 Å². The summed E-state index contributed by atoms with van der Waals surface area (Å²) in [5.74, 6) is 0.324. The van der Waals surface area contributed by atoms with Crippen molar-refractivity contribution in [3.8, 4) is 5.75 Å². The van der Waals surface area contributed by atoms with Gasteiger partial charge in [-0.3, -0.25) is 0 Å². The topological polar surface area (TPSA) is 35.0 Å². The quantitative estimate of drug-likeness (QED) is 0.685. The van der Waals surface area contributed by atoms with Gasteiger partial charge in [0.25, 0.3) is 0 Å². The van der Waals surface area contributed by atoms with Crippen LogP contribution in [0.15, 0.2) is 55.1 Å². The van der Waals surface area contributed by atoms with Crippen LogP contribution in [0.1, 0.15) is 17.1 Å². The summed E-state index contributed by atoms with van der Waals surface area (Å²) in [6.45, 7) is 5.82. The Morgan fingerprint density at radius 2 is 1.67 bits per heavy atom. The fourth-order valence-electron chi connectivity index (χ4n) is 2.42. The summed E-state index contributed by atoms with van der Waals surface area (Å²) in [5.41, 5.74) is 2.71. The number of fused-ring (bicyclic) bond motifs is 1. The zero-order valence-electron chi connectivity index (χ0n) is 12.8. The molecule has 0 saturated carbocycles. The summed E-state index contributed by atoms with van der Waals surface area (Å²) >= 11 is 0. The third-order valence-corrected chi connectivity index (χ3v) is 3.44. The minimum absolute atomic E-state index is 0.275. The van der Waals surface area contributed by atoms with E-state index in [4.69, 9.17) is 0 Å². The number of hydrogen-bond donors (Lipinski definition) is 0. The highest BCUT2D eigenvalue weighted by atomic mass is 19.4. The number of ether oxygens (including phenoxy) is 1. The zero-order chi connectivity index (χ0) is 17.3. The van der Waals surface area contributed by atoms with E-state index < -0.39 is 6.36 Å². The number of nitrogens with zero attached hydrogens (tertiary/aromatic N) is 2. The third-order valence-electron chi connectivity index (χ3n) is 3.44. The van der Waals surface area contributed by atoms with Crippen molar-refractivity contribution in [2.45, 2.75) is 13.3 Å². The summed E-state index contributed by atoms with van der Waals surface area (Å²) < 4.78 is 40.6. The van der Waals surface area contributed by atoms with E-state index in [0.717, 1.165) is 10.9 Å². The van der Waals surface area contributed by atoms with Crippen molar-refractivity contribution in [2.24, 2.45) is 0 Å². The van der Waals surface area contributed by atoms with Gasteiger partial charge < -0.3 is 4.74 Å². The van der Waals surface area contributed by atoms with E-state index in [2.05, 4.69) is 21.3 Å². The second kappa shape index (κ2) is 5.96. The van der Waals surface area contributed by atoms with Gasteiger partial charge in [-0.1, -0.05) is 36.9 Å². The fourth-order valence-corrected chi connectivity index (χ4v) is 2.42. The van der Waals surface area contributed by atoms with Gasteiger partial charge in [-0.2, -0.15) is 0 Å². The number of alkyl halides is 3. The van der Waals surface area contributed by atoms with Crippen molar-refractivity contribution >= 4 is 16.5 Å². The maximum atomic E-state index is 12.2. The first kappa shape index (κ1) is 16.0. The molecule has 0 aliphatic rings. The van der Waals surface area contributed by atoms with E-state index in [1.54, 1.807) is 6.92 Å². The number of aromatic nitrogens is 2. The van der Waals surface area contributed by atoms with E-state index in [1.165, 1.54) is 24.3 Å². The lowest BCUT2D eigenvalue weighted by Gasteiger charge is -2.12. The second-order valence-corrected chi connectivity index (χ2v) is 5.19. The second-order valence-electron chi connectivity index (χ2n) is 5.19. The summed E-state index contributed by atoms with van der Waals surface area (Å²) in [6.07, 6.45) is -4.71. The van der Waals surface area contributed by atoms with Gasteiger partial charge in [-0.05, 0) is 30.7 Å². The first-order chi connectivity index (χ1) is 11.3. The lowest BCUT2D eigenvalue weighted by Crippen LogP contribution is -2.17. The summed E-state index contributed by atoms with van der Waals surface area (Å²) in [5, 5.41) is 0.837. The molecule has 0 aliphatic heterocycles. The Hall–Kier alpha value is -2.89. The first-order valence-electron chi connectivity index (χ1n) is 7.12. The van der Waals surface area contributed by atoms with Crippen molar-refractivity contribution in [1.29, 1.82) is 0 Å². The van der Waals surface area contributed by atoms with Gasteiger partial charge in [0, 0.05) is 11.0 Å². The number of halogens is 3. The number of rotatable bonds is 3. The molecule has 122 valence electrons. The van der Waals surface area contributed by atoms with Gasteiger partial charge in [0.15, 0.2) is 0 Å². The molecule has 0 N–H and O–H groups in total. The van der Waals surface area contributed by atoms with Crippen LogP contribution >= 0.6 is 0 Å². The van der Waals surface area contributed by atoms with Crippen molar-refractivity contribution in [1.82, 2.24) is 9.97 Å². The Morgan fingerprint density at radius 1 is 1.00 bits per heavy atom. The minimum Gasteiger partial charge on any atom is -0.406 e. The molecule has 1 aromatic heterocycles. The molecule has 24 heavy (non-hydrogen) atoms. The van der Waals surface area contributed by atoms with Crippen molar-refractivity contribution < 1.29 is 17.9 Å². The molecule has 0 saturated heterocycles. The Balaban J connectivity index is 1.98. The molecule has 0 atom stereocenters. The molecule has 0 fully saturated rings. The molecule has 0 amide bonds. The molecule has 3 nitrogen and oxygen atoms in total. The van der Waals surface area contributed by atoms with E-state index in [-0.39, 0.29) is 5.75 Å². The van der Waals surface area contributed by atoms with Gasteiger partial charge in [0.2, 0.25) is 0 Å². The molecule has 6 heteroatoms. The summed E-state index contributed by atoms with van der Waals surface area (Å²) in [7, 11) is 0. The van der Waals surface area contributed by atoms with Crippen LogP contribution in [0.2, 0.25) is 0 Å². The van der Waals surface area contributed by atoms with Gasteiger partial charge in [0.05, 0.1) is 11.2 Å². The molecule has 0 aliphatic carbocycles. The van der Waals surface area contributed by atoms with Gasteiger partial charge >= 0.3 is 6.36 Å². The molecule has 3 rings (SSSR count). The van der Waals surface area contributed by atoms with Gasteiger partial charge in [-0.25, -0.2) is 9.97 Å². The van der Waals surface area contributed by atoms with Crippen LogP contribution in [0, 0.1) is 6.92 Å². The van der Waals surface area contributed by atoms with E-state index in [9.17, 15) is 13.2 Å². The Morgan fingerprint density at radius 3 is 2.33 bits per heavy atom. The number of para-hydroxylation sites is 1. The highest BCUT2D eigenvalue weighted by molar-refractivity contribution is 5.93. The lowest BCUT2D eigenvalue weighted by molar-refractivity contribution is -0.274. The van der Waals surface area contributed by atoms with Crippen LogP contribution in [0.3, 0.4) is 0 Å². The molecule has 1 heterocycles. The summed E-state index contributed by atoms with van der Waals surface area (Å²) in [6, 6.07) is 13.1. The predicted octanol–water partition coefficient (Wildman–Crippen LogP) is 4.90. The number of aryl methyl sites for hydroxylation is 1. The Kier molecular flexibility index (Phi) is 3.97. The monoisotopic (exact) mass is 330 g/mol. The standard InChI is InChI=1S/C18H13F3N2O/c1-11(13-7-9-14(10-8-13)24-18(19,20)21)17-15-5-3-4-6-16(15)22-12(2)23-17/h3-10H,1H2,2H3. The van der Waals surface area contributed by atoms with E-state index >= 15 is 0 Å². The molecular formula is C18H13F3N2O. The van der Waals surface area contributed by atoms with Gasteiger partial charge in [-0.15, -0.1) is 13.2 Å². The largest absolute Gasteiger partial charge is 0.573 e. The smallest absolute Gasteiger partial charge is 0.406 e. The van der Waals surface area contributed by atoms with Crippen LogP contribution < -0.4 is 4.74 Å². The predicted molar refractivity (Wildman–Crippen MR) is 85.5 cm³/mol. The fraction of sp³-hybridized carbons (Fsp3) is 0.111. The van der Waals surface area contributed by atoms with Gasteiger partial charge in [0.1, 0.15) is 11.6 Å². The number of benzene rings is 2. The molecule has 2 aromatic carbocycles.